The molecule has 1 saturated carbocycles. The zero-order valence-corrected chi connectivity index (χ0v) is 13.7. The minimum atomic E-state index is -0.112. The molecule has 3 nitrogen and oxygen atoms in total. The number of allylic oxidation sites excluding steroid dienone is 3. The van der Waals surface area contributed by atoms with Gasteiger partial charge in [0, 0.05) is 11.3 Å². The highest BCUT2D eigenvalue weighted by Gasteiger charge is 2.34. The molecule has 0 aromatic rings. The molecular formula is C17H28O3. The maximum Gasteiger partial charge on any atom is 0.308 e. The lowest BCUT2D eigenvalue weighted by atomic mass is 9.91. The molecule has 0 amide bonds. The maximum absolute atomic E-state index is 11.6. The first kappa shape index (κ1) is 16.8. The maximum atomic E-state index is 11.6. The van der Waals surface area contributed by atoms with Gasteiger partial charge in [0.05, 0.1) is 18.8 Å². The van der Waals surface area contributed by atoms with Gasteiger partial charge in [0.15, 0.2) is 0 Å². The molecule has 0 heterocycles. The summed E-state index contributed by atoms with van der Waals surface area (Å²) in [5, 5.41) is 0. The molecule has 1 rings (SSSR count). The molecule has 3 heteroatoms. The minimum absolute atomic E-state index is 0.00450. The van der Waals surface area contributed by atoms with Gasteiger partial charge in [-0.05, 0) is 38.7 Å². The monoisotopic (exact) mass is 280 g/mol. The highest BCUT2D eigenvalue weighted by atomic mass is 16.5. The molecule has 0 saturated heterocycles. The first-order valence-electron chi connectivity index (χ1n) is 7.29. The molecule has 0 aliphatic heterocycles. The van der Waals surface area contributed by atoms with E-state index >= 15 is 0 Å². The van der Waals surface area contributed by atoms with E-state index in [0.717, 1.165) is 30.8 Å². The van der Waals surface area contributed by atoms with Crippen LogP contribution in [0.25, 0.3) is 0 Å². The summed E-state index contributed by atoms with van der Waals surface area (Å²) in [4.78, 5) is 11.6. The second-order valence-electron chi connectivity index (χ2n) is 6.88. The topological polar surface area (TPSA) is 35.5 Å². The number of ether oxygens (including phenoxy) is 2. The summed E-state index contributed by atoms with van der Waals surface area (Å²) in [6.45, 7) is 14.6. The van der Waals surface area contributed by atoms with Crippen molar-refractivity contribution in [1.82, 2.24) is 0 Å². The molecule has 2 atom stereocenters. The van der Waals surface area contributed by atoms with Gasteiger partial charge in [0.2, 0.25) is 0 Å². The highest BCUT2D eigenvalue weighted by molar-refractivity contribution is 5.72. The van der Waals surface area contributed by atoms with Crippen LogP contribution in [0.5, 0.6) is 0 Å². The van der Waals surface area contributed by atoms with E-state index in [1.165, 1.54) is 12.7 Å². The molecule has 0 N–H and O–H groups in total. The van der Waals surface area contributed by atoms with Crippen LogP contribution in [0.1, 0.15) is 53.9 Å². The summed E-state index contributed by atoms with van der Waals surface area (Å²) in [5.41, 5.74) is 1.13. The van der Waals surface area contributed by atoms with Crippen LogP contribution in [0.15, 0.2) is 23.7 Å². The normalized spacial score (nSPS) is 22.3. The van der Waals surface area contributed by atoms with Gasteiger partial charge in [0.1, 0.15) is 5.76 Å². The Labute approximate surface area is 123 Å². The molecule has 0 aromatic heterocycles. The Morgan fingerprint density at radius 3 is 2.15 bits per heavy atom. The van der Waals surface area contributed by atoms with Gasteiger partial charge in [-0.1, -0.05) is 27.4 Å². The van der Waals surface area contributed by atoms with Crippen LogP contribution in [0.4, 0.5) is 0 Å². The van der Waals surface area contributed by atoms with Crippen molar-refractivity contribution in [2.75, 3.05) is 7.11 Å². The standard InChI is InChI=1S/C17H28O3/c1-11(2)15(17(4,5)6)20-12(3)13-8-9-14(10-13)16(18)19-7/h13-14H,3,8-10H2,1-2,4-7H3. The number of carbonyl (C=O) groups excluding carboxylic acids is 1. The molecule has 1 aliphatic carbocycles. The summed E-state index contributed by atoms with van der Waals surface area (Å²) in [5.74, 6) is 1.89. The van der Waals surface area contributed by atoms with Crippen molar-refractivity contribution in [3.63, 3.8) is 0 Å². The van der Waals surface area contributed by atoms with E-state index in [2.05, 4.69) is 41.2 Å². The second-order valence-corrected chi connectivity index (χ2v) is 6.88. The minimum Gasteiger partial charge on any atom is -0.469 e. The summed E-state index contributed by atoms with van der Waals surface area (Å²) >= 11 is 0. The van der Waals surface area contributed by atoms with Crippen LogP contribution < -0.4 is 0 Å². The average Bonchev–Trinajstić information content (AvgIpc) is 2.82. The van der Waals surface area contributed by atoms with E-state index < -0.39 is 0 Å². The zero-order valence-electron chi connectivity index (χ0n) is 13.7. The first-order chi connectivity index (χ1) is 9.16. The van der Waals surface area contributed by atoms with Crippen LogP contribution in [-0.4, -0.2) is 13.1 Å². The Hall–Kier alpha value is -1.25. The van der Waals surface area contributed by atoms with Crippen LogP contribution >= 0.6 is 0 Å². The van der Waals surface area contributed by atoms with Gasteiger partial charge in [-0.3, -0.25) is 4.79 Å². The lowest BCUT2D eigenvalue weighted by molar-refractivity contribution is -0.145. The molecule has 1 aliphatic rings. The third kappa shape index (κ3) is 4.12. The van der Waals surface area contributed by atoms with E-state index in [1.807, 2.05) is 0 Å². The predicted octanol–water partition coefficient (Wildman–Crippen LogP) is 4.45. The van der Waals surface area contributed by atoms with Crippen LogP contribution in [0.3, 0.4) is 0 Å². The molecule has 114 valence electrons. The number of carbonyl (C=O) groups is 1. The van der Waals surface area contributed by atoms with Crippen molar-refractivity contribution in [2.45, 2.75) is 53.9 Å². The number of rotatable bonds is 4. The van der Waals surface area contributed by atoms with Gasteiger partial charge in [-0.2, -0.15) is 0 Å². The molecule has 1 fully saturated rings. The van der Waals surface area contributed by atoms with E-state index in [0.29, 0.717) is 0 Å². The summed E-state index contributed by atoms with van der Waals surface area (Å²) in [6, 6.07) is 0. The number of methoxy groups -OCH3 is 1. The summed E-state index contributed by atoms with van der Waals surface area (Å²) < 4.78 is 10.9. The van der Waals surface area contributed by atoms with Gasteiger partial charge in [-0.15, -0.1) is 0 Å². The van der Waals surface area contributed by atoms with Crippen molar-refractivity contribution < 1.29 is 14.3 Å². The molecular weight excluding hydrogens is 252 g/mol. The molecule has 0 spiro atoms. The highest BCUT2D eigenvalue weighted by Crippen LogP contribution is 2.39. The van der Waals surface area contributed by atoms with Gasteiger partial charge < -0.3 is 9.47 Å². The van der Waals surface area contributed by atoms with Crippen molar-refractivity contribution in [1.29, 1.82) is 0 Å². The smallest absolute Gasteiger partial charge is 0.308 e. The summed E-state index contributed by atoms with van der Waals surface area (Å²) in [6.07, 6.45) is 2.59. The fourth-order valence-electron chi connectivity index (χ4n) is 2.87. The zero-order chi connectivity index (χ0) is 15.5. The largest absolute Gasteiger partial charge is 0.469 e. The SMILES string of the molecule is C=C(OC(=C(C)C)C(C)(C)C)C1CCC(C(=O)OC)C1. The lowest BCUT2D eigenvalue weighted by Gasteiger charge is -2.27. The quantitative estimate of drug-likeness (QED) is 0.564. The number of hydrogen-bond acceptors (Lipinski definition) is 3. The second kappa shape index (κ2) is 6.47. The Bertz CT molecular complexity index is 408. The average molecular weight is 280 g/mol. The fraction of sp³-hybridized carbons (Fsp3) is 0.706. The van der Waals surface area contributed by atoms with Crippen molar-refractivity contribution in [3.05, 3.63) is 23.7 Å². The fourth-order valence-corrected chi connectivity index (χ4v) is 2.87. The molecule has 2 unspecified atom stereocenters. The van der Waals surface area contributed by atoms with E-state index in [9.17, 15) is 4.79 Å². The first-order valence-corrected chi connectivity index (χ1v) is 7.29. The Morgan fingerprint density at radius 2 is 1.70 bits per heavy atom. The third-order valence-corrected chi connectivity index (χ3v) is 3.79. The van der Waals surface area contributed by atoms with E-state index in [1.54, 1.807) is 0 Å². The van der Waals surface area contributed by atoms with Crippen molar-refractivity contribution in [2.24, 2.45) is 17.3 Å². The van der Waals surface area contributed by atoms with Gasteiger partial charge in [0.25, 0.3) is 0 Å². The number of hydrogen-bond donors (Lipinski definition) is 0. The third-order valence-electron chi connectivity index (χ3n) is 3.79. The molecule has 0 radical (unpaired) electrons. The van der Waals surface area contributed by atoms with Crippen molar-refractivity contribution in [3.8, 4) is 0 Å². The van der Waals surface area contributed by atoms with E-state index in [-0.39, 0.29) is 23.2 Å². The lowest BCUT2D eigenvalue weighted by Crippen LogP contribution is -2.17. The predicted molar refractivity (Wildman–Crippen MR) is 80.9 cm³/mol. The molecule has 0 aromatic carbocycles. The Kier molecular flexibility index (Phi) is 5.43. The van der Waals surface area contributed by atoms with E-state index in [4.69, 9.17) is 9.47 Å². The summed E-state index contributed by atoms with van der Waals surface area (Å²) in [7, 11) is 1.45. The van der Waals surface area contributed by atoms with Crippen LogP contribution in [-0.2, 0) is 14.3 Å². The number of esters is 1. The van der Waals surface area contributed by atoms with Crippen molar-refractivity contribution >= 4 is 5.97 Å². The van der Waals surface area contributed by atoms with Gasteiger partial charge in [-0.25, -0.2) is 0 Å². The van der Waals surface area contributed by atoms with Crippen LogP contribution in [0.2, 0.25) is 0 Å². The Morgan fingerprint density at radius 1 is 1.15 bits per heavy atom. The molecule has 20 heavy (non-hydrogen) atoms. The Balaban J connectivity index is 2.69. The van der Waals surface area contributed by atoms with Crippen LogP contribution in [0, 0.1) is 17.3 Å². The van der Waals surface area contributed by atoms with Gasteiger partial charge >= 0.3 is 5.97 Å². The molecule has 0 bridgehead atoms.